The van der Waals surface area contributed by atoms with Crippen LogP contribution in [-0.4, -0.2) is 51.0 Å². The molecule has 0 bridgehead atoms. The van der Waals surface area contributed by atoms with Crippen molar-refractivity contribution in [2.75, 3.05) is 42.3 Å². The topological polar surface area (TPSA) is 65.5 Å². The molecule has 25 heavy (non-hydrogen) atoms. The Morgan fingerprint density at radius 3 is 2.32 bits per heavy atom. The standard InChI is InChI=1S/C17H21ClN4O2S/c1-2-21-9-11-22(12-10-21)15-5-8-17(19-13-15)20-25(23,24)16-6-3-14(18)4-7-16/h3-8,13H,2,9-12H2,1H3,(H,19,20). The van der Waals surface area contributed by atoms with Gasteiger partial charge in [-0.05, 0) is 42.9 Å². The Labute approximate surface area is 153 Å². The molecule has 2 heterocycles. The molecule has 0 aliphatic carbocycles. The zero-order valence-corrected chi connectivity index (χ0v) is 15.6. The first-order valence-electron chi connectivity index (χ1n) is 8.19. The van der Waals surface area contributed by atoms with Crippen molar-refractivity contribution in [1.29, 1.82) is 0 Å². The number of hydrogen-bond donors (Lipinski definition) is 1. The minimum Gasteiger partial charge on any atom is -0.368 e. The van der Waals surface area contributed by atoms with Gasteiger partial charge in [-0.25, -0.2) is 13.4 Å². The first-order chi connectivity index (χ1) is 12.0. The van der Waals surface area contributed by atoms with Crippen LogP contribution in [0.25, 0.3) is 0 Å². The summed E-state index contributed by atoms with van der Waals surface area (Å²) in [4.78, 5) is 9.06. The predicted molar refractivity (Wildman–Crippen MR) is 101 cm³/mol. The number of hydrogen-bond acceptors (Lipinski definition) is 5. The second-order valence-corrected chi connectivity index (χ2v) is 8.00. The van der Waals surface area contributed by atoms with Crippen LogP contribution in [0.4, 0.5) is 11.5 Å². The van der Waals surface area contributed by atoms with Crippen LogP contribution in [0.1, 0.15) is 6.92 Å². The summed E-state index contributed by atoms with van der Waals surface area (Å²) in [5.41, 5.74) is 1.00. The van der Waals surface area contributed by atoms with Gasteiger partial charge < -0.3 is 9.80 Å². The van der Waals surface area contributed by atoms with E-state index in [-0.39, 0.29) is 4.90 Å². The van der Waals surface area contributed by atoms with Crippen molar-refractivity contribution in [1.82, 2.24) is 9.88 Å². The number of aromatic nitrogens is 1. The minimum absolute atomic E-state index is 0.151. The highest BCUT2D eigenvalue weighted by atomic mass is 35.5. The van der Waals surface area contributed by atoms with E-state index in [1.54, 1.807) is 24.4 Å². The van der Waals surface area contributed by atoms with Crippen LogP contribution in [0, 0.1) is 0 Å². The fraction of sp³-hybridized carbons (Fsp3) is 0.353. The molecule has 0 amide bonds. The Bertz CT molecular complexity index is 802. The third-order valence-corrected chi connectivity index (χ3v) is 5.92. The van der Waals surface area contributed by atoms with E-state index >= 15 is 0 Å². The summed E-state index contributed by atoms with van der Waals surface area (Å²) < 4.78 is 27.2. The lowest BCUT2D eigenvalue weighted by Gasteiger charge is -2.35. The van der Waals surface area contributed by atoms with Gasteiger partial charge >= 0.3 is 0 Å². The van der Waals surface area contributed by atoms with Crippen LogP contribution in [0.3, 0.4) is 0 Å². The Balaban J connectivity index is 1.67. The first-order valence-corrected chi connectivity index (χ1v) is 10.1. The molecular weight excluding hydrogens is 360 g/mol. The molecule has 0 atom stereocenters. The van der Waals surface area contributed by atoms with Gasteiger partial charge in [-0.2, -0.15) is 0 Å². The van der Waals surface area contributed by atoms with Crippen LogP contribution in [0.15, 0.2) is 47.5 Å². The summed E-state index contributed by atoms with van der Waals surface area (Å²) in [6.07, 6.45) is 1.71. The summed E-state index contributed by atoms with van der Waals surface area (Å²) in [6.45, 7) is 7.19. The van der Waals surface area contributed by atoms with E-state index in [9.17, 15) is 8.42 Å². The number of pyridine rings is 1. The van der Waals surface area contributed by atoms with Gasteiger partial charge in [-0.1, -0.05) is 18.5 Å². The smallest absolute Gasteiger partial charge is 0.263 e. The van der Waals surface area contributed by atoms with Gasteiger partial charge in [-0.3, -0.25) is 4.72 Å². The van der Waals surface area contributed by atoms with Crippen molar-refractivity contribution in [2.24, 2.45) is 0 Å². The summed E-state index contributed by atoms with van der Waals surface area (Å²) in [5, 5.41) is 0.490. The second kappa shape index (κ2) is 7.59. The van der Waals surface area contributed by atoms with Crippen molar-refractivity contribution >= 4 is 33.1 Å². The average molecular weight is 381 g/mol. The molecule has 0 saturated carbocycles. The van der Waals surface area contributed by atoms with E-state index in [0.29, 0.717) is 10.8 Å². The summed E-state index contributed by atoms with van der Waals surface area (Å²) in [5.74, 6) is 0.297. The van der Waals surface area contributed by atoms with E-state index in [4.69, 9.17) is 11.6 Å². The highest BCUT2D eigenvalue weighted by Crippen LogP contribution is 2.20. The van der Waals surface area contributed by atoms with E-state index in [1.807, 2.05) is 6.07 Å². The number of rotatable bonds is 5. The third-order valence-electron chi connectivity index (χ3n) is 4.30. The third kappa shape index (κ3) is 4.42. The minimum atomic E-state index is -3.67. The molecule has 1 fully saturated rings. The van der Waals surface area contributed by atoms with E-state index in [0.717, 1.165) is 38.4 Å². The monoisotopic (exact) mass is 380 g/mol. The maximum absolute atomic E-state index is 12.4. The van der Waals surface area contributed by atoms with Crippen LogP contribution in [0.2, 0.25) is 5.02 Å². The molecule has 3 rings (SSSR count). The number of halogens is 1. The number of benzene rings is 1. The van der Waals surface area contributed by atoms with E-state index < -0.39 is 10.0 Å². The fourth-order valence-corrected chi connectivity index (χ4v) is 3.90. The molecule has 2 aromatic rings. The lowest BCUT2D eigenvalue weighted by molar-refractivity contribution is 0.271. The Hall–Kier alpha value is -1.83. The molecule has 0 radical (unpaired) electrons. The molecule has 0 spiro atoms. The number of nitrogens with one attached hydrogen (secondary N) is 1. The Morgan fingerprint density at radius 2 is 1.76 bits per heavy atom. The molecule has 6 nitrogen and oxygen atoms in total. The number of anilines is 2. The highest BCUT2D eigenvalue weighted by molar-refractivity contribution is 7.92. The lowest BCUT2D eigenvalue weighted by Crippen LogP contribution is -2.46. The quantitative estimate of drug-likeness (QED) is 0.863. The maximum Gasteiger partial charge on any atom is 0.263 e. The van der Waals surface area contributed by atoms with Gasteiger partial charge in [0.05, 0.1) is 16.8 Å². The van der Waals surface area contributed by atoms with Crippen LogP contribution < -0.4 is 9.62 Å². The lowest BCUT2D eigenvalue weighted by atomic mass is 10.3. The van der Waals surface area contributed by atoms with Gasteiger partial charge in [0, 0.05) is 31.2 Å². The van der Waals surface area contributed by atoms with Gasteiger partial charge in [-0.15, -0.1) is 0 Å². The van der Waals surface area contributed by atoms with E-state index in [2.05, 4.69) is 26.4 Å². The molecule has 134 valence electrons. The maximum atomic E-state index is 12.4. The SMILES string of the molecule is CCN1CCN(c2ccc(NS(=O)(=O)c3ccc(Cl)cc3)nc2)CC1. The molecule has 1 aliphatic heterocycles. The molecular formula is C17H21ClN4O2S. The number of sulfonamides is 1. The van der Waals surface area contributed by atoms with Crippen molar-refractivity contribution in [3.8, 4) is 0 Å². The van der Waals surface area contributed by atoms with Gasteiger partial charge in [0.2, 0.25) is 0 Å². The van der Waals surface area contributed by atoms with Crippen LogP contribution in [-0.2, 0) is 10.0 Å². The Kier molecular flexibility index (Phi) is 5.46. The molecule has 1 aliphatic rings. The summed E-state index contributed by atoms with van der Waals surface area (Å²) >= 11 is 5.80. The van der Waals surface area contributed by atoms with E-state index in [1.165, 1.54) is 12.1 Å². The molecule has 8 heteroatoms. The normalized spacial score (nSPS) is 16.0. The molecule has 1 aromatic carbocycles. The fourth-order valence-electron chi connectivity index (χ4n) is 2.77. The number of likely N-dealkylation sites (N-methyl/N-ethyl adjacent to an activating group) is 1. The van der Waals surface area contributed by atoms with Crippen molar-refractivity contribution in [2.45, 2.75) is 11.8 Å². The zero-order valence-electron chi connectivity index (χ0n) is 14.0. The zero-order chi connectivity index (χ0) is 17.9. The van der Waals surface area contributed by atoms with Crippen molar-refractivity contribution in [3.05, 3.63) is 47.6 Å². The summed E-state index contributed by atoms with van der Waals surface area (Å²) in [7, 11) is -3.67. The highest BCUT2D eigenvalue weighted by Gasteiger charge is 2.17. The number of nitrogens with zero attached hydrogens (tertiary/aromatic N) is 3. The average Bonchev–Trinajstić information content (AvgIpc) is 2.62. The second-order valence-electron chi connectivity index (χ2n) is 5.88. The number of piperazine rings is 1. The predicted octanol–water partition coefficient (Wildman–Crippen LogP) is 2.68. The van der Waals surface area contributed by atoms with Gasteiger partial charge in [0.15, 0.2) is 0 Å². The Morgan fingerprint density at radius 1 is 1.08 bits per heavy atom. The van der Waals surface area contributed by atoms with Crippen molar-refractivity contribution in [3.63, 3.8) is 0 Å². The van der Waals surface area contributed by atoms with Crippen molar-refractivity contribution < 1.29 is 8.42 Å². The van der Waals surface area contributed by atoms with Crippen LogP contribution in [0.5, 0.6) is 0 Å². The largest absolute Gasteiger partial charge is 0.368 e. The molecule has 1 aromatic heterocycles. The first kappa shape index (κ1) is 18.0. The summed E-state index contributed by atoms with van der Waals surface area (Å²) in [6, 6.07) is 9.60. The van der Waals surface area contributed by atoms with Gasteiger partial charge in [0.1, 0.15) is 5.82 Å². The van der Waals surface area contributed by atoms with Gasteiger partial charge in [0.25, 0.3) is 10.0 Å². The molecule has 1 N–H and O–H groups in total. The molecule has 0 unspecified atom stereocenters. The van der Waals surface area contributed by atoms with Crippen LogP contribution >= 0.6 is 11.6 Å². The molecule has 1 saturated heterocycles.